The second-order valence-corrected chi connectivity index (χ2v) is 7.43. The van der Waals surface area contributed by atoms with Crippen molar-refractivity contribution in [3.8, 4) is 0 Å². The van der Waals surface area contributed by atoms with Gasteiger partial charge in [0.1, 0.15) is 30.3 Å². The molecule has 27 heavy (non-hydrogen) atoms. The summed E-state index contributed by atoms with van der Waals surface area (Å²) in [6, 6.07) is 0. The number of hydrogen-bond donors (Lipinski definition) is 5. The van der Waals surface area contributed by atoms with Crippen LogP contribution in [-0.2, 0) is 13.8 Å². The maximum Gasteiger partial charge on any atom is 0.469 e. The molecular formula is C13H17N6O7P. The molecule has 1 saturated heterocycles. The number of phosphoric ester groups is 1. The topological polar surface area (TPSA) is 189 Å². The van der Waals surface area contributed by atoms with Crippen molar-refractivity contribution < 1.29 is 33.8 Å². The van der Waals surface area contributed by atoms with Gasteiger partial charge >= 0.3 is 7.82 Å². The molecule has 0 aliphatic carbocycles. The molecule has 2 aromatic rings. The molecule has 4 atom stereocenters. The molecule has 6 N–H and O–H groups in total. The Morgan fingerprint density at radius 2 is 2.07 bits per heavy atom. The van der Waals surface area contributed by atoms with Gasteiger partial charge in [0.05, 0.1) is 12.0 Å². The Bertz CT molecular complexity index is 973. The number of rotatable bonds is 4. The van der Waals surface area contributed by atoms with Crippen LogP contribution in [0.4, 0.5) is 5.82 Å². The zero-order chi connectivity index (χ0) is 19.5. The third-order valence-electron chi connectivity index (χ3n) is 4.45. The molecular weight excluding hydrogens is 383 g/mol. The summed E-state index contributed by atoms with van der Waals surface area (Å²) in [5.41, 5.74) is 6.91. The van der Waals surface area contributed by atoms with E-state index in [4.69, 9.17) is 20.3 Å². The average molecular weight is 400 g/mol. The molecule has 146 valence electrons. The van der Waals surface area contributed by atoms with Gasteiger partial charge < -0.3 is 35.0 Å². The van der Waals surface area contributed by atoms with Gasteiger partial charge in [-0.25, -0.2) is 19.5 Å². The second-order valence-electron chi connectivity index (χ2n) is 6.19. The molecule has 2 aliphatic heterocycles. The first-order valence-corrected chi connectivity index (χ1v) is 9.36. The molecule has 14 heteroatoms. The van der Waals surface area contributed by atoms with Crippen LogP contribution in [0.5, 0.6) is 0 Å². The molecule has 0 amide bonds. The van der Waals surface area contributed by atoms with Gasteiger partial charge in [0.25, 0.3) is 0 Å². The summed E-state index contributed by atoms with van der Waals surface area (Å²) in [5.74, 6) is 0.732. The fraction of sp³-hybridized carbons (Fsp3) is 0.462. The first-order chi connectivity index (χ1) is 12.7. The van der Waals surface area contributed by atoms with Gasteiger partial charge in [-0.05, 0) is 0 Å². The monoisotopic (exact) mass is 400 g/mol. The van der Waals surface area contributed by atoms with Crippen LogP contribution < -0.4 is 10.7 Å². The summed E-state index contributed by atoms with van der Waals surface area (Å²) in [5, 5.41) is 26.8. The number of aliphatic hydroxyl groups excluding tert-OH is 2. The highest BCUT2D eigenvalue weighted by Crippen LogP contribution is 2.40. The van der Waals surface area contributed by atoms with E-state index in [1.165, 1.54) is 15.9 Å². The fourth-order valence-corrected chi connectivity index (χ4v) is 3.57. The number of amidine groups is 1. The smallest absolute Gasteiger partial charge is 0.387 e. The van der Waals surface area contributed by atoms with Crippen molar-refractivity contribution in [3.05, 3.63) is 18.1 Å². The Balaban J connectivity index is 1.72. The van der Waals surface area contributed by atoms with Crippen LogP contribution in [0.3, 0.4) is 0 Å². The van der Waals surface area contributed by atoms with E-state index in [0.717, 1.165) is 0 Å². The van der Waals surface area contributed by atoms with Crippen LogP contribution in [-0.4, -0.2) is 72.3 Å². The van der Waals surface area contributed by atoms with E-state index in [0.29, 0.717) is 22.4 Å². The highest BCUT2D eigenvalue weighted by Gasteiger charge is 2.45. The van der Waals surface area contributed by atoms with Gasteiger partial charge in [-0.15, -0.1) is 0 Å². The van der Waals surface area contributed by atoms with E-state index in [-0.39, 0.29) is 5.84 Å². The van der Waals surface area contributed by atoms with Crippen LogP contribution in [0, 0.1) is 0 Å². The van der Waals surface area contributed by atoms with Gasteiger partial charge in [0.2, 0.25) is 0 Å². The lowest BCUT2D eigenvalue weighted by atomic mass is 10.1. The van der Waals surface area contributed by atoms with Crippen molar-refractivity contribution in [1.29, 1.82) is 0 Å². The van der Waals surface area contributed by atoms with Crippen molar-refractivity contribution in [2.75, 3.05) is 18.7 Å². The van der Waals surface area contributed by atoms with Gasteiger partial charge in [-0.3, -0.25) is 4.52 Å². The lowest BCUT2D eigenvalue weighted by Gasteiger charge is -2.19. The third kappa shape index (κ3) is 2.99. The maximum atomic E-state index is 10.9. The fourth-order valence-electron chi connectivity index (χ4n) is 3.23. The zero-order valence-electron chi connectivity index (χ0n) is 13.9. The number of nitrogens with zero attached hydrogens (tertiary/aromatic N) is 5. The SMILES string of the molecule is CN1N=C(N)c2cn(C3O[C@H](COP(=O)(O)O)[C@H](O)[C@@H]3O)c3ncnc1c23. The maximum absolute atomic E-state index is 10.9. The summed E-state index contributed by atoms with van der Waals surface area (Å²) >= 11 is 0. The van der Waals surface area contributed by atoms with Crippen LogP contribution in [0.2, 0.25) is 0 Å². The quantitative estimate of drug-likeness (QED) is 0.365. The number of anilines is 1. The van der Waals surface area contributed by atoms with Crippen LogP contribution >= 0.6 is 7.82 Å². The number of hydrazone groups is 1. The van der Waals surface area contributed by atoms with Crippen molar-refractivity contribution in [3.63, 3.8) is 0 Å². The Labute approximate surface area is 151 Å². The zero-order valence-corrected chi connectivity index (χ0v) is 14.8. The van der Waals surface area contributed by atoms with Crippen molar-refractivity contribution in [2.24, 2.45) is 10.8 Å². The molecule has 0 spiro atoms. The first-order valence-electron chi connectivity index (χ1n) is 7.83. The molecule has 0 saturated carbocycles. The Morgan fingerprint density at radius 1 is 1.33 bits per heavy atom. The molecule has 2 aliphatic rings. The minimum atomic E-state index is -4.75. The van der Waals surface area contributed by atoms with Crippen molar-refractivity contribution in [2.45, 2.75) is 24.5 Å². The van der Waals surface area contributed by atoms with Gasteiger partial charge in [-0.1, -0.05) is 0 Å². The minimum Gasteiger partial charge on any atom is -0.387 e. The third-order valence-corrected chi connectivity index (χ3v) is 4.93. The molecule has 0 bridgehead atoms. The first kappa shape index (κ1) is 18.3. The van der Waals surface area contributed by atoms with E-state index in [2.05, 4.69) is 19.6 Å². The summed E-state index contributed by atoms with van der Waals surface area (Å²) in [6.07, 6.45) is -2.17. The summed E-state index contributed by atoms with van der Waals surface area (Å²) < 4.78 is 22.3. The van der Waals surface area contributed by atoms with E-state index in [1.807, 2.05) is 0 Å². The summed E-state index contributed by atoms with van der Waals surface area (Å²) in [6.45, 7) is -0.600. The predicted molar refractivity (Wildman–Crippen MR) is 90.6 cm³/mol. The van der Waals surface area contributed by atoms with Gasteiger partial charge in [0, 0.05) is 18.8 Å². The number of hydrogen-bond acceptors (Lipinski definition) is 10. The predicted octanol–water partition coefficient (Wildman–Crippen LogP) is -1.77. The lowest BCUT2D eigenvalue weighted by molar-refractivity contribution is -0.0501. The molecule has 1 unspecified atom stereocenters. The number of ether oxygens (including phenoxy) is 1. The number of nitrogens with two attached hydrogens (primary N) is 1. The molecule has 4 heterocycles. The van der Waals surface area contributed by atoms with Gasteiger partial charge in [-0.2, -0.15) is 5.10 Å². The number of phosphoric acid groups is 1. The van der Waals surface area contributed by atoms with E-state index in [1.54, 1.807) is 13.2 Å². The van der Waals surface area contributed by atoms with E-state index in [9.17, 15) is 14.8 Å². The molecule has 0 aromatic carbocycles. The standard InChI is InChI=1S/C13H17N6O7P/c1-18-11-7-5(10(14)17-18)2-19(12(7)16-4-15-11)13-9(21)8(20)6(26-13)3-25-27(22,23)24/h2,4,6,8-9,13,20-21H,3H2,1H3,(H2,14,17)(H2,22,23,24)/t6-,8+,9+,13?/m1/s1. The minimum absolute atomic E-state index is 0.220. The average Bonchev–Trinajstić information content (AvgIpc) is 3.11. The molecule has 0 radical (unpaired) electrons. The van der Waals surface area contributed by atoms with E-state index >= 15 is 0 Å². The molecule has 2 aromatic heterocycles. The second kappa shape index (κ2) is 6.21. The van der Waals surface area contributed by atoms with E-state index < -0.39 is 39.0 Å². The van der Waals surface area contributed by atoms with Crippen molar-refractivity contribution in [1.82, 2.24) is 14.5 Å². The lowest BCUT2D eigenvalue weighted by Crippen LogP contribution is -2.33. The highest BCUT2D eigenvalue weighted by molar-refractivity contribution is 7.46. The largest absolute Gasteiger partial charge is 0.469 e. The Hall–Kier alpha value is -2.12. The number of aromatic nitrogens is 3. The van der Waals surface area contributed by atoms with Gasteiger partial charge in [0.15, 0.2) is 17.9 Å². The normalized spacial score (nSPS) is 28.0. The molecule has 4 rings (SSSR count). The Morgan fingerprint density at radius 3 is 2.78 bits per heavy atom. The molecule has 1 fully saturated rings. The van der Waals surface area contributed by atoms with Crippen LogP contribution in [0.25, 0.3) is 11.0 Å². The van der Waals surface area contributed by atoms with Crippen LogP contribution in [0.15, 0.2) is 17.6 Å². The number of aliphatic hydroxyl groups is 2. The Kier molecular flexibility index (Phi) is 4.20. The summed E-state index contributed by atoms with van der Waals surface area (Å²) in [7, 11) is -3.07. The van der Waals surface area contributed by atoms with Crippen LogP contribution in [0.1, 0.15) is 11.8 Å². The molecule has 13 nitrogen and oxygen atoms in total. The highest BCUT2D eigenvalue weighted by atomic mass is 31.2. The van der Waals surface area contributed by atoms with Crippen molar-refractivity contribution >= 4 is 30.5 Å². The summed E-state index contributed by atoms with van der Waals surface area (Å²) in [4.78, 5) is 26.0.